The monoisotopic (exact) mass is 406 g/mol. The molecule has 2 amide bonds. The first-order chi connectivity index (χ1) is 14.1. The Bertz CT molecular complexity index is 1030. The van der Waals surface area contributed by atoms with Crippen molar-refractivity contribution in [2.24, 2.45) is 9.98 Å². The average Bonchev–Trinajstić information content (AvgIpc) is 3.05. The van der Waals surface area contributed by atoms with Gasteiger partial charge in [0.05, 0.1) is 11.4 Å². The third kappa shape index (κ3) is 3.82. The van der Waals surface area contributed by atoms with E-state index in [1.165, 1.54) is 11.8 Å². The molecule has 2 aromatic rings. The van der Waals surface area contributed by atoms with Gasteiger partial charge in [-0.15, -0.1) is 0 Å². The molecular weight excluding hydrogens is 384 g/mol. The third-order valence-corrected chi connectivity index (χ3v) is 5.80. The van der Waals surface area contributed by atoms with Crippen molar-refractivity contribution in [1.82, 2.24) is 4.90 Å². The van der Waals surface area contributed by atoms with Crippen LogP contribution in [0.2, 0.25) is 0 Å². The van der Waals surface area contributed by atoms with Crippen LogP contribution >= 0.6 is 11.8 Å². The first-order valence-corrected chi connectivity index (χ1v) is 10.6. The Morgan fingerprint density at radius 1 is 1.17 bits per heavy atom. The van der Waals surface area contributed by atoms with Gasteiger partial charge in [0.1, 0.15) is 11.9 Å². The fraction of sp³-hybridized carbons (Fsp3) is 0.273. The predicted molar refractivity (Wildman–Crippen MR) is 118 cm³/mol. The van der Waals surface area contributed by atoms with Gasteiger partial charge in [-0.05, 0) is 37.1 Å². The summed E-state index contributed by atoms with van der Waals surface area (Å²) >= 11 is 1.26. The lowest BCUT2D eigenvalue weighted by Gasteiger charge is -2.25. The molecule has 1 unspecified atom stereocenters. The number of aliphatic imine (C=N–C) groups is 2. The minimum absolute atomic E-state index is 0.0677. The maximum Gasteiger partial charge on any atom is 0.259 e. The molecule has 1 N–H and O–H groups in total. The van der Waals surface area contributed by atoms with Crippen LogP contribution < -0.4 is 5.32 Å². The van der Waals surface area contributed by atoms with E-state index in [1.54, 1.807) is 4.90 Å². The molecule has 0 bridgehead atoms. The molecule has 0 saturated heterocycles. The second-order valence-corrected chi connectivity index (χ2v) is 7.94. The minimum atomic E-state index is -0.382. The number of nitrogens with zero attached hydrogens (tertiary/aromatic N) is 3. The van der Waals surface area contributed by atoms with E-state index in [2.05, 4.69) is 15.3 Å². The SMILES string of the molecule is CCCC1N=C2c3ccccc3N=C(SCC(=O)Nc3ccccc3C)N2C1=O. The van der Waals surface area contributed by atoms with Crippen molar-refractivity contribution in [2.75, 3.05) is 11.1 Å². The molecular formula is C22H22N4O2S. The Hall–Kier alpha value is -2.93. The topological polar surface area (TPSA) is 74.1 Å². The maximum atomic E-state index is 12.9. The molecule has 29 heavy (non-hydrogen) atoms. The molecule has 6 nitrogen and oxygen atoms in total. The van der Waals surface area contributed by atoms with Crippen LogP contribution in [0.25, 0.3) is 0 Å². The third-order valence-electron chi connectivity index (χ3n) is 4.86. The Morgan fingerprint density at radius 3 is 2.72 bits per heavy atom. The number of carbonyl (C=O) groups is 2. The number of hydrogen-bond donors (Lipinski definition) is 1. The van der Waals surface area contributed by atoms with Crippen LogP contribution in [0.4, 0.5) is 11.4 Å². The molecule has 0 radical (unpaired) electrons. The van der Waals surface area contributed by atoms with Gasteiger partial charge >= 0.3 is 0 Å². The Labute approximate surface area is 174 Å². The van der Waals surface area contributed by atoms with Crippen LogP contribution in [0.15, 0.2) is 58.5 Å². The summed E-state index contributed by atoms with van der Waals surface area (Å²) < 4.78 is 0. The van der Waals surface area contributed by atoms with E-state index < -0.39 is 0 Å². The highest BCUT2D eigenvalue weighted by molar-refractivity contribution is 8.14. The summed E-state index contributed by atoms with van der Waals surface area (Å²) in [6.07, 6.45) is 1.58. The maximum absolute atomic E-state index is 12.9. The number of amidine groups is 2. The van der Waals surface area contributed by atoms with Gasteiger partial charge in [-0.25, -0.2) is 9.89 Å². The van der Waals surface area contributed by atoms with Gasteiger partial charge in [0.15, 0.2) is 5.17 Å². The highest BCUT2D eigenvalue weighted by atomic mass is 32.2. The average molecular weight is 407 g/mol. The van der Waals surface area contributed by atoms with Gasteiger partial charge < -0.3 is 5.32 Å². The number of rotatable bonds is 5. The zero-order valence-electron chi connectivity index (χ0n) is 16.4. The van der Waals surface area contributed by atoms with Gasteiger partial charge in [-0.3, -0.25) is 14.6 Å². The predicted octanol–water partition coefficient (Wildman–Crippen LogP) is 4.13. The molecule has 7 heteroatoms. The van der Waals surface area contributed by atoms with Crippen LogP contribution in [0.1, 0.15) is 30.9 Å². The largest absolute Gasteiger partial charge is 0.325 e. The highest BCUT2D eigenvalue weighted by Crippen LogP contribution is 2.34. The second kappa shape index (κ2) is 8.21. The summed E-state index contributed by atoms with van der Waals surface area (Å²) in [6.45, 7) is 3.99. The Morgan fingerprint density at radius 2 is 1.93 bits per heavy atom. The molecule has 148 valence electrons. The molecule has 1 atom stereocenters. The molecule has 0 saturated carbocycles. The molecule has 0 spiro atoms. The number of para-hydroxylation sites is 2. The normalized spacial score (nSPS) is 17.4. The standard InChI is InChI=1S/C22H22N4O2S/c1-3-8-18-21(28)26-20(24-18)15-10-5-7-12-17(15)25-22(26)29-13-19(27)23-16-11-6-4-9-14(16)2/h4-7,9-12,18H,3,8,13H2,1-2H3,(H,23,27). The van der Waals surface area contributed by atoms with E-state index in [-0.39, 0.29) is 23.6 Å². The van der Waals surface area contributed by atoms with E-state index in [1.807, 2.05) is 62.4 Å². The number of hydrogen-bond acceptors (Lipinski definition) is 5. The lowest BCUT2D eigenvalue weighted by Crippen LogP contribution is -2.41. The number of fused-ring (bicyclic) bond motifs is 3. The summed E-state index contributed by atoms with van der Waals surface area (Å²) in [5, 5.41) is 3.43. The van der Waals surface area contributed by atoms with Crippen molar-refractivity contribution in [3.8, 4) is 0 Å². The van der Waals surface area contributed by atoms with Crippen molar-refractivity contribution in [2.45, 2.75) is 32.7 Å². The van der Waals surface area contributed by atoms with Gasteiger partial charge in [-0.2, -0.15) is 0 Å². The zero-order valence-corrected chi connectivity index (χ0v) is 17.2. The zero-order chi connectivity index (χ0) is 20.4. The van der Waals surface area contributed by atoms with Crippen molar-refractivity contribution >= 4 is 46.0 Å². The van der Waals surface area contributed by atoms with E-state index >= 15 is 0 Å². The van der Waals surface area contributed by atoms with Crippen LogP contribution in [0.3, 0.4) is 0 Å². The number of thioether (sulfide) groups is 1. The van der Waals surface area contributed by atoms with Crippen LogP contribution in [0.5, 0.6) is 0 Å². The molecule has 4 rings (SSSR count). The van der Waals surface area contributed by atoms with Gasteiger partial charge in [0.25, 0.3) is 5.91 Å². The van der Waals surface area contributed by atoms with E-state index in [0.29, 0.717) is 17.4 Å². The summed E-state index contributed by atoms with van der Waals surface area (Å²) in [6, 6.07) is 14.9. The van der Waals surface area contributed by atoms with E-state index in [9.17, 15) is 9.59 Å². The lowest BCUT2D eigenvalue weighted by atomic mass is 10.1. The second-order valence-electron chi connectivity index (χ2n) is 6.99. The molecule has 0 fully saturated rings. The van der Waals surface area contributed by atoms with Gasteiger partial charge in [-0.1, -0.05) is 55.4 Å². The van der Waals surface area contributed by atoms with Crippen molar-refractivity contribution in [1.29, 1.82) is 0 Å². The summed E-state index contributed by atoms with van der Waals surface area (Å²) in [5.41, 5.74) is 3.42. The summed E-state index contributed by atoms with van der Waals surface area (Å²) in [7, 11) is 0. The van der Waals surface area contributed by atoms with Crippen molar-refractivity contribution in [3.05, 3.63) is 59.7 Å². The lowest BCUT2D eigenvalue weighted by molar-refractivity contribution is -0.124. The van der Waals surface area contributed by atoms with Crippen molar-refractivity contribution < 1.29 is 9.59 Å². The number of aryl methyl sites for hydroxylation is 1. The highest BCUT2D eigenvalue weighted by Gasteiger charge is 2.40. The quantitative estimate of drug-likeness (QED) is 0.811. The van der Waals surface area contributed by atoms with Gasteiger partial charge in [0.2, 0.25) is 5.91 Å². The molecule has 2 heterocycles. The number of nitrogens with one attached hydrogen (secondary N) is 1. The summed E-state index contributed by atoms with van der Waals surface area (Å²) in [4.78, 5) is 36.3. The number of anilines is 1. The molecule has 0 aliphatic carbocycles. The molecule has 2 aliphatic heterocycles. The van der Waals surface area contributed by atoms with E-state index in [4.69, 9.17) is 0 Å². The Balaban J connectivity index is 1.55. The van der Waals surface area contributed by atoms with Crippen molar-refractivity contribution in [3.63, 3.8) is 0 Å². The number of carbonyl (C=O) groups excluding carboxylic acids is 2. The fourth-order valence-corrected chi connectivity index (χ4v) is 4.19. The summed E-state index contributed by atoms with van der Waals surface area (Å²) in [5.74, 6) is 0.592. The van der Waals surface area contributed by atoms with Crippen LogP contribution in [0, 0.1) is 6.92 Å². The van der Waals surface area contributed by atoms with Gasteiger partial charge in [0, 0.05) is 11.3 Å². The van der Waals surface area contributed by atoms with Crippen LogP contribution in [-0.4, -0.2) is 39.5 Å². The smallest absolute Gasteiger partial charge is 0.259 e. The minimum Gasteiger partial charge on any atom is -0.325 e. The number of amides is 2. The van der Waals surface area contributed by atoms with E-state index in [0.717, 1.165) is 28.9 Å². The first-order valence-electron chi connectivity index (χ1n) is 9.66. The number of benzene rings is 2. The fourth-order valence-electron chi connectivity index (χ4n) is 3.39. The first kappa shape index (κ1) is 19.4. The molecule has 0 aromatic heterocycles. The molecule has 2 aliphatic rings. The molecule has 2 aromatic carbocycles. The Kier molecular flexibility index (Phi) is 5.49. The van der Waals surface area contributed by atoms with Crippen LogP contribution in [-0.2, 0) is 9.59 Å².